The topological polar surface area (TPSA) is 73.3 Å². The lowest BCUT2D eigenvalue weighted by molar-refractivity contribution is 0.102. The van der Waals surface area contributed by atoms with Crippen molar-refractivity contribution >= 4 is 23.4 Å². The molecule has 0 aliphatic heterocycles. The molecular weight excluding hydrogens is 374 g/mol. The lowest BCUT2D eigenvalue weighted by atomic mass is 10.2. The van der Waals surface area contributed by atoms with Gasteiger partial charge in [0.2, 0.25) is 0 Å². The van der Waals surface area contributed by atoms with Crippen LogP contribution in [0, 0.1) is 6.92 Å². The number of carbonyl (C=O) groups is 1. The molecule has 0 aliphatic carbocycles. The van der Waals surface area contributed by atoms with Gasteiger partial charge in [-0.3, -0.25) is 9.78 Å². The van der Waals surface area contributed by atoms with E-state index in [0.29, 0.717) is 22.0 Å². The number of ether oxygens (including phenoxy) is 2. The Hall–Kier alpha value is -3.06. The van der Waals surface area contributed by atoms with Crippen molar-refractivity contribution in [3.05, 3.63) is 71.7 Å². The van der Waals surface area contributed by atoms with Gasteiger partial charge >= 0.3 is 0 Å². The largest absolute Gasteiger partial charge is 0.497 e. The molecule has 1 amide bonds. The third-order valence-corrected chi connectivity index (χ3v) is 5.08. The van der Waals surface area contributed by atoms with E-state index in [-0.39, 0.29) is 5.91 Å². The number of hydrogen-bond donors (Lipinski definition) is 1. The highest BCUT2D eigenvalue weighted by atomic mass is 32.2. The molecule has 0 spiro atoms. The summed E-state index contributed by atoms with van der Waals surface area (Å²) in [6, 6.07) is 12.8. The minimum absolute atomic E-state index is 0.206. The van der Waals surface area contributed by atoms with Gasteiger partial charge in [-0.25, -0.2) is 4.98 Å². The van der Waals surface area contributed by atoms with Gasteiger partial charge in [0, 0.05) is 41.2 Å². The molecule has 28 heavy (non-hydrogen) atoms. The summed E-state index contributed by atoms with van der Waals surface area (Å²) in [4.78, 5) is 21.3. The Bertz CT molecular complexity index is 964. The average Bonchev–Trinajstić information content (AvgIpc) is 2.72. The number of aromatic nitrogens is 2. The van der Waals surface area contributed by atoms with E-state index in [2.05, 4.69) is 15.3 Å². The molecule has 0 bridgehead atoms. The Labute approximate surface area is 168 Å². The number of thioether (sulfide) groups is 1. The summed E-state index contributed by atoms with van der Waals surface area (Å²) in [5.41, 5.74) is 3.06. The Morgan fingerprint density at radius 2 is 1.86 bits per heavy atom. The first kappa shape index (κ1) is 19.7. The summed E-state index contributed by atoms with van der Waals surface area (Å²) >= 11 is 1.49. The zero-order chi connectivity index (χ0) is 19.9. The average molecular weight is 395 g/mol. The Kier molecular flexibility index (Phi) is 6.49. The van der Waals surface area contributed by atoms with Crippen molar-refractivity contribution in [2.24, 2.45) is 0 Å². The fourth-order valence-electron chi connectivity index (χ4n) is 2.57. The Balaban J connectivity index is 1.80. The van der Waals surface area contributed by atoms with Crippen LogP contribution in [0.2, 0.25) is 0 Å². The van der Waals surface area contributed by atoms with Crippen molar-refractivity contribution in [1.29, 1.82) is 0 Å². The van der Waals surface area contributed by atoms with Crippen molar-refractivity contribution in [3.8, 4) is 11.5 Å². The van der Waals surface area contributed by atoms with Gasteiger partial charge in [-0.05, 0) is 37.3 Å². The van der Waals surface area contributed by atoms with Gasteiger partial charge in [0.05, 0.1) is 19.8 Å². The van der Waals surface area contributed by atoms with Crippen molar-refractivity contribution in [2.45, 2.75) is 17.7 Å². The number of methoxy groups -OCH3 is 2. The maximum absolute atomic E-state index is 12.7. The van der Waals surface area contributed by atoms with E-state index >= 15 is 0 Å². The van der Waals surface area contributed by atoms with Crippen LogP contribution in [0.4, 0.5) is 5.69 Å². The molecule has 3 aromatic rings. The molecule has 2 aromatic heterocycles. The summed E-state index contributed by atoms with van der Waals surface area (Å²) in [5, 5.41) is 3.55. The highest BCUT2D eigenvalue weighted by Gasteiger charge is 2.15. The van der Waals surface area contributed by atoms with Gasteiger partial charge in [-0.2, -0.15) is 0 Å². The molecule has 0 unspecified atom stereocenters. The van der Waals surface area contributed by atoms with Crippen LogP contribution in [-0.4, -0.2) is 30.1 Å². The maximum atomic E-state index is 12.7. The van der Waals surface area contributed by atoms with Crippen LogP contribution in [0.1, 0.15) is 21.6 Å². The SMILES string of the molecule is COc1ccc(CSc2nc(C)ccc2C(=O)Nc2ccncc2)c(OC)c1. The second kappa shape index (κ2) is 9.23. The maximum Gasteiger partial charge on any atom is 0.258 e. The number of nitrogens with zero attached hydrogens (tertiary/aromatic N) is 2. The number of benzene rings is 1. The summed E-state index contributed by atoms with van der Waals surface area (Å²) in [7, 11) is 3.25. The zero-order valence-electron chi connectivity index (χ0n) is 15.9. The molecule has 6 nitrogen and oxygen atoms in total. The number of hydrogen-bond acceptors (Lipinski definition) is 6. The molecule has 0 radical (unpaired) electrons. The zero-order valence-corrected chi connectivity index (χ0v) is 16.7. The van der Waals surface area contributed by atoms with E-state index in [1.165, 1.54) is 11.8 Å². The van der Waals surface area contributed by atoms with Gasteiger partial charge in [0.15, 0.2) is 0 Å². The number of nitrogens with one attached hydrogen (secondary N) is 1. The standard InChI is InChI=1S/C21H21N3O3S/c1-14-4-7-18(20(25)24-16-8-10-22-11-9-16)21(23-14)28-13-15-5-6-17(26-2)12-19(15)27-3/h4-12H,13H2,1-3H3,(H,22,24,25). The van der Waals surface area contributed by atoms with Crippen LogP contribution < -0.4 is 14.8 Å². The Morgan fingerprint density at radius 1 is 1.07 bits per heavy atom. The number of anilines is 1. The normalized spacial score (nSPS) is 10.4. The van der Waals surface area contributed by atoms with E-state index in [1.807, 2.05) is 31.2 Å². The molecule has 0 saturated heterocycles. The van der Waals surface area contributed by atoms with Crippen LogP contribution in [0.25, 0.3) is 0 Å². The lowest BCUT2D eigenvalue weighted by Gasteiger charge is -2.12. The van der Waals surface area contributed by atoms with E-state index in [9.17, 15) is 4.79 Å². The Morgan fingerprint density at radius 3 is 2.57 bits per heavy atom. The quantitative estimate of drug-likeness (QED) is 0.600. The van der Waals surface area contributed by atoms with Gasteiger partial charge in [-0.15, -0.1) is 11.8 Å². The van der Waals surface area contributed by atoms with Crippen molar-refractivity contribution in [3.63, 3.8) is 0 Å². The van der Waals surface area contributed by atoms with Gasteiger partial charge in [0.25, 0.3) is 5.91 Å². The molecule has 0 fully saturated rings. The van der Waals surface area contributed by atoms with E-state index in [4.69, 9.17) is 9.47 Å². The number of amides is 1. The second-order valence-electron chi connectivity index (χ2n) is 5.96. The molecule has 0 saturated carbocycles. The molecule has 1 aromatic carbocycles. The molecule has 1 N–H and O–H groups in total. The number of pyridine rings is 2. The minimum Gasteiger partial charge on any atom is -0.497 e. The van der Waals surface area contributed by atoms with Crippen LogP contribution in [0.5, 0.6) is 11.5 Å². The van der Waals surface area contributed by atoms with Crippen molar-refractivity contribution in [2.75, 3.05) is 19.5 Å². The predicted molar refractivity (Wildman–Crippen MR) is 110 cm³/mol. The van der Waals surface area contributed by atoms with Crippen LogP contribution in [0.3, 0.4) is 0 Å². The number of aryl methyl sites for hydroxylation is 1. The molecule has 144 valence electrons. The molecule has 7 heteroatoms. The summed E-state index contributed by atoms with van der Waals surface area (Å²) < 4.78 is 10.7. The molecular formula is C21H21N3O3S. The monoisotopic (exact) mass is 395 g/mol. The van der Waals surface area contributed by atoms with Crippen LogP contribution in [-0.2, 0) is 5.75 Å². The minimum atomic E-state index is -0.206. The molecule has 0 atom stereocenters. The van der Waals surface area contributed by atoms with Gasteiger partial charge in [0.1, 0.15) is 16.5 Å². The van der Waals surface area contributed by atoms with E-state index in [1.54, 1.807) is 44.8 Å². The fourth-order valence-corrected chi connectivity index (χ4v) is 3.62. The van der Waals surface area contributed by atoms with Gasteiger partial charge in [-0.1, -0.05) is 6.07 Å². The highest BCUT2D eigenvalue weighted by Crippen LogP contribution is 2.31. The highest BCUT2D eigenvalue weighted by molar-refractivity contribution is 7.98. The predicted octanol–water partition coefficient (Wildman–Crippen LogP) is 4.35. The first-order valence-electron chi connectivity index (χ1n) is 8.63. The molecule has 0 aliphatic rings. The third-order valence-electron chi connectivity index (χ3n) is 4.04. The lowest BCUT2D eigenvalue weighted by Crippen LogP contribution is -2.14. The fraction of sp³-hybridized carbons (Fsp3) is 0.190. The number of rotatable bonds is 7. The summed E-state index contributed by atoms with van der Waals surface area (Å²) in [5.74, 6) is 1.88. The second-order valence-corrected chi connectivity index (χ2v) is 6.93. The number of carbonyl (C=O) groups excluding carboxylic acids is 1. The smallest absolute Gasteiger partial charge is 0.258 e. The van der Waals surface area contributed by atoms with Crippen molar-refractivity contribution < 1.29 is 14.3 Å². The van der Waals surface area contributed by atoms with Gasteiger partial charge < -0.3 is 14.8 Å². The van der Waals surface area contributed by atoms with Crippen molar-refractivity contribution in [1.82, 2.24) is 9.97 Å². The summed E-state index contributed by atoms with van der Waals surface area (Å²) in [6.45, 7) is 1.91. The van der Waals surface area contributed by atoms with Crippen LogP contribution >= 0.6 is 11.8 Å². The summed E-state index contributed by atoms with van der Waals surface area (Å²) in [6.07, 6.45) is 3.27. The molecule has 3 rings (SSSR count). The van der Waals surface area contributed by atoms with E-state index in [0.717, 1.165) is 22.8 Å². The van der Waals surface area contributed by atoms with E-state index < -0.39 is 0 Å². The third kappa shape index (κ3) is 4.80. The first-order valence-corrected chi connectivity index (χ1v) is 9.62. The molecule has 2 heterocycles. The van der Waals surface area contributed by atoms with Crippen LogP contribution in [0.15, 0.2) is 59.9 Å². The first-order chi connectivity index (χ1) is 13.6.